The van der Waals surface area contributed by atoms with Crippen molar-refractivity contribution in [2.45, 2.75) is 58.1 Å². The number of carbonyl (C=O) groups is 5. The second-order valence-electron chi connectivity index (χ2n) is 13.3. The summed E-state index contributed by atoms with van der Waals surface area (Å²) in [5, 5.41) is 2.17. The maximum Gasteiger partial charge on any atom is 0.410 e. The number of benzene rings is 1. The Morgan fingerprint density at radius 2 is 1.59 bits per heavy atom. The fourth-order valence-corrected chi connectivity index (χ4v) is 6.37. The zero-order valence-corrected chi connectivity index (χ0v) is 26.1. The third-order valence-corrected chi connectivity index (χ3v) is 8.90. The van der Waals surface area contributed by atoms with Crippen molar-refractivity contribution in [1.82, 2.24) is 24.9 Å². The lowest BCUT2D eigenvalue weighted by Gasteiger charge is -2.40. The molecular formula is C31H43FN6O6. The first-order valence-electron chi connectivity index (χ1n) is 15.5. The largest absolute Gasteiger partial charge is 0.444 e. The lowest BCUT2D eigenvalue weighted by molar-refractivity contribution is -0.136. The van der Waals surface area contributed by atoms with E-state index in [0.29, 0.717) is 25.6 Å². The molecule has 0 radical (unpaired) electrons. The number of piperazine rings is 1. The van der Waals surface area contributed by atoms with E-state index in [9.17, 15) is 24.0 Å². The summed E-state index contributed by atoms with van der Waals surface area (Å²) in [6.45, 7) is 12.6. The van der Waals surface area contributed by atoms with Gasteiger partial charge in [-0.3, -0.25) is 34.3 Å². The highest BCUT2D eigenvalue weighted by Gasteiger charge is 2.45. The van der Waals surface area contributed by atoms with Crippen LogP contribution in [0.5, 0.6) is 0 Å². The van der Waals surface area contributed by atoms with Gasteiger partial charge < -0.3 is 19.4 Å². The van der Waals surface area contributed by atoms with Crippen molar-refractivity contribution in [3.8, 4) is 0 Å². The van der Waals surface area contributed by atoms with Crippen LogP contribution in [0.2, 0.25) is 0 Å². The second-order valence-corrected chi connectivity index (χ2v) is 13.3. The summed E-state index contributed by atoms with van der Waals surface area (Å²) in [6.07, 6.45) is 1.93. The van der Waals surface area contributed by atoms with Crippen LogP contribution in [0.15, 0.2) is 12.1 Å². The molecule has 1 aromatic carbocycles. The number of amides is 5. The Balaban J connectivity index is 1.09. The van der Waals surface area contributed by atoms with Gasteiger partial charge in [0.25, 0.3) is 11.8 Å². The molecule has 1 aromatic rings. The quantitative estimate of drug-likeness (QED) is 0.459. The molecule has 4 aliphatic heterocycles. The van der Waals surface area contributed by atoms with Crippen LogP contribution in [0.25, 0.3) is 0 Å². The van der Waals surface area contributed by atoms with Gasteiger partial charge in [-0.25, -0.2) is 9.18 Å². The zero-order valence-electron chi connectivity index (χ0n) is 26.1. The van der Waals surface area contributed by atoms with Gasteiger partial charge in [0.1, 0.15) is 17.5 Å². The predicted octanol–water partition coefficient (Wildman–Crippen LogP) is 1.93. The van der Waals surface area contributed by atoms with Gasteiger partial charge in [-0.1, -0.05) is 0 Å². The number of ether oxygens (including phenoxy) is 1. The van der Waals surface area contributed by atoms with Crippen LogP contribution in [-0.2, 0) is 14.3 Å². The average Bonchev–Trinajstić information content (AvgIpc) is 3.20. The molecule has 1 atom stereocenters. The van der Waals surface area contributed by atoms with Crippen LogP contribution in [0.3, 0.4) is 0 Å². The van der Waals surface area contributed by atoms with Crippen molar-refractivity contribution < 1.29 is 33.1 Å². The molecule has 0 spiro atoms. The van der Waals surface area contributed by atoms with E-state index in [4.69, 9.17) is 4.74 Å². The standard InChI is InChI=1S/C31H43FN6O6/c1-31(2,3)44-30(43)34(4)11-12-35-9-7-20(8-10-35)19-36-13-15-37(16-14-36)25-18-22-21(17-23(25)32)28(41)38(29(22)42)24-5-6-26(39)33-27(24)40/h17-18,20,24H,5-16,19H2,1-4H3,(H,33,39,40). The summed E-state index contributed by atoms with van der Waals surface area (Å²) in [4.78, 5) is 71.4. The molecule has 3 saturated heterocycles. The molecule has 12 nitrogen and oxygen atoms in total. The topological polar surface area (TPSA) is 123 Å². The number of piperidine rings is 2. The van der Waals surface area contributed by atoms with Crippen LogP contribution < -0.4 is 10.2 Å². The summed E-state index contributed by atoms with van der Waals surface area (Å²) in [5.74, 6) is -2.49. The first kappa shape index (κ1) is 31.8. The number of nitrogens with zero attached hydrogens (tertiary/aromatic N) is 5. The molecule has 4 heterocycles. The maximum absolute atomic E-state index is 15.3. The summed E-state index contributed by atoms with van der Waals surface area (Å²) in [6, 6.07) is 1.45. The fraction of sp³-hybridized carbons (Fsp3) is 0.645. The van der Waals surface area contributed by atoms with Gasteiger partial charge in [-0.2, -0.15) is 0 Å². The average molecular weight is 615 g/mol. The molecule has 4 aliphatic rings. The van der Waals surface area contributed by atoms with Gasteiger partial charge in [0.2, 0.25) is 11.8 Å². The number of anilines is 1. The highest BCUT2D eigenvalue weighted by atomic mass is 19.1. The number of rotatable bonds is 7. The van der Waals surface area contributed by atoms with Crippen LogP contribution in [-0.4, -0.2) is 127 Å². The third-order valence-electron chi connectivity index (χ3n) is 8.90. The number of hydrogen-bond donors (Lipinski definition) is 1. The Kier molecular flexibility index (Phi) is 9.26. The molecule has 3 fully saturated rings. The minimum absolute atomic E-state index is 0.0280. The SMILES string of the molecule is CN(CCN1CCC(CN2CCN(c3cc4c(cc3F)C(=O)N(C3CCC(=O)NC3=O)C4=O)CC2)CC1)C(=O)OC(C)(C)C. The van der Waals surface area contributed by atoms with E-state index in [2.05, 4.69) is 15.1 Å². The number of halogens is 1. The van der Waals surface area contributed by atoms with E-state index in [1.54, 1.807) is 11.9 Å². The van der Waals surface area contributed by atoms with Gasteiger partial charge in [0.15, 0.2) is 0 Å². The number of likely N-dealkylation sites (tertiary alicyclic amines) is 1. The highest BCUT2D eigenvalue weighted by Crippen LogP contribution is 2.33. The molecule has 5 rings (SSSR count). The Morgan fingerprint density at radius 3 is 2.20 bits per heavy atom. The summed E-state index contributed by atoms with van der Waals surface area (Å²) in [7, 11) is 1.77. The molecule has 240 valence electrons. The molecule has 1 unspecified atom stereocenters. The molecule has 13 heteroatoms. The predicted molar refractivity (Wildman–Crippen MR) is 160 cm³/mol. The van der Waals surface area contributed by atoms with E-state index in [1.165, 1.54) is 6.07 Å². The van der Waals surface area contributed by atoms with E-state index in [1.807, 2.05) is 25.7 Å². The Bertz CT molecular complexity index is 1320. The molecule has 1 N–H and O–H groups in total. The van der Waals surface area contributed by atoms with Crippen LogP contribution in [0, 0.1) is 11.7 Å². The van der Waals surface area contributed by atoms with Gasteiger partial charge in [-0.05, 0) is 71.2 Å². The fourth-order valence-electron chi connectivity index (χ4n) is 6.37. The third kappa shape index (κ3) is 7.04. The van der Waals surface area contributed by atoms with E-state index < -0.39 is 41.1 Å². The van der Waals surface area contributed by atoms with Crippen molar-refractivity contribution in [2.75, 3.05) is 70.9 Å². The number of hydrogen-bond acceptors (Lipinski definition) is 9. The van der Waals surface area contributed by atoms with Gasteiger partial charge >= 0.3 is 6.09 Å². The van der Waals surface area contributed by atoms with Crippen molar-refractivity contribution in [3.63, 3.8) is 0 Å². The van der Waals surface area contributed by atoms with Gasteiger partial charge in [0, 0.05) is 59.3 Å². The lowest BCUT2D eigenvalue weighted by atomic mass is 9.96. The zero-order chi connectivity index (χ0) is 31.8. The minimum atomic E-state index is -1.08. The number of fused-ring (bicyclic) bond motifs is 1. The Hall–Kier alpha value is -3.58. The van der Waals surface area contributed by atoms with Crippen LogP contribution in [0.4, 0.5) is 14.9 Å². The van der Waals surface area contributed by atoms with Gasteiger partial charge in [0.05, 0.1) is 16.8 Å². The normalized spacial score (nSPS) is 22.3. The summed E-state index contributed by atoms with van der Waals surface area (Å²) in [5.41, 5.74) is -0.199. The van der Waals surface area contributed by atoms with Crippen molar-refractivity contribution in [3.05, 3.63) is 29.1 Å². The molecule has 0 saturated carbocycles. The first-order chi connectivity index (χ1) is 20.8. The van der Waals surface area contributed by atoms with Crippen LogP contribution in [0.1, 0.15) is 67.2 Å². The lowest BCUT2D eigenvalue weighted by Crippen LogP contribution is -2.54. The summed E-state index contributed by atoms with van der Waals surface area (Å²) < 4.78 is 20.7. The van der Waals surface area contributed by atoms with Crippen molar-refractivity contribution >= 4 is 35.4 Å². The van der Waals surface area contributed by atoms with E-state index in [-0.39, 0.29) is 35.7 Å². The highest BCUT2D eigenvalue weighted by molar-refractivity contribution is 6.23. The number of imide groups is 2. The number of nitrogens with one attached hydrogen (secondary N) is 1. The maximum atomic E-state index is 15.3. The number of carbonyl (C=O) groups excluding carboxylic acids is 5. The smallest absolute Gasteiger partial charge is 0.410 e. The molecule has 44 heavy (non-hydrogen) atoms. The molecule has 0 bridgehead atoms. The second kappa shape index (κ2) is 12.8. The molecule has 0 aromatic heterocycles. The first-order valence-corrected chi connectivity index (χ1v) is 15.5. The minimum Gasteiger partial charge on any atom is -0.444 e. The molecular weight excluding hydrogens is 571 g/mol. The Morgan fingerprint density at radius 1 is 0.955 bits per heavy atom. The molecule has 5 amide bonds. The van der Waals surface area contributed by atoms with Gasteiger partial charge in [-0.15, -0.1) is 0 Å². The Labute approximate surface area is 257 Å². The van der Waals surface area contributed by atoms with E-state index >= 15 is 4.39 Å². The van der Waals surface area contributed by atoms with Crippen molar-refractivity contribution in [1.29, 1.82) is 0 Å². The van der Waals surface area contributed by atoms with E-state index in [0.717, 1.165) is 63.1 Å². The monoisotopic (exact) mass is 614 g/mol. The van der Waals surface area contributed by atoms with Crippen LogP contribution >= 0.6 is 0 Å². The molecule has 0 aliphatic carbocycles. The van der Waals surface area contributed by atoms with Crippen molar-refractivity contribution in [2.24, 2.45) is 5.92 Å². The number of likely N-dealkylation sites (N-methyl/N-ethyl adjacent to an activating group) is 1. The summed E-state index contributed by atoms with van der Waals surface area (Å²) >= 11 is 0.